The van der Waals surface area contributed by atoms with Gasteiger partial charge in [0.25, 0.3) is 12.3 Å². The van der Waals surface area contributed by atoms with E-state index in [0.717, 1.165) is 8.69 Å². The SMILES string of the molecule is O=C(c1ccc(Br)s1)N(CCO)CC(F)F. The third kappa shape index (κ3) is 3.80. The van der Waals surface area contributed by atoms with Crippen LogP contribution >= 0.6 is 27.3 Å². The van der Waals surface area contributed by atoms with Gasteiger partial charge in [0, 0.05) is 6.54 Å². The van der Waals surface area contributed by atoms with Gasteiger partial charge >= 0.3 is 0 Å². The fraction of sp³-hybridized carbons (Fsp3) is 0.444. The van der Waals surface area contributed by atoms with Crippen LogP contribution in [0.25, 0.3) is 0 Å². The summed E-state index contributed by atoms with van der Waals surface area (Å²) in [6.45, 7) is -1.07. The lowest BCUT2D eigenvalue weighted by Crippen LogP contribution is -2.36. The van der Waals surface area contributed by atoms with Crippen molar-refractivity contribution in [2.45, 2.75) is 6.43 Å². The highest BCUT2D eigenvalue weighted by molar-refractivity contribution is 9.11. The Labute approximate surface area is 104 Å². The first-order chi connectivity index (χ1) is 7.54. The van der Waals surface area contributed by atoms with Crippen LogP contribution in [0.5, 0.6) is 0 Å². The van der Waals surface area contributed by atoms with Crippen LogP contribution in [0.2, 0.25) is 0 Å². The Balaban J connectivity index is 2.74. The summed E-state index contributed by atoms with van der Waals surface area (Å²) < 4.78 is 25.2. The summed E-state index contributed by atoms with van der Waals surface area (Å²) in [6, 6.07) is 3.24. The molecule has 0 atom stereocenters. The number of carbonyl (C=O) groups excluding carboxylic acids is 1. The second-order valence-corrected chi connectivity index (χ2v) is 5.43. The summed E-state index contributed by atoms with van der Waals surface area (Å²) in [5.74, 6) is -0.481. The number of hydrogen-bond acceptors (Lipinski definition) is 3. The van der Waals surface area contributed by atoms with E-state index < -0.39 is 18.9 Å². The van der Waals surface area contributed by atoms with Gasteiger partial charge in [-0.1, -0.05) is 0 Å². The molecule has 0 unspecified atom stereocenters. The highest BCUT2D eigenvalue weighted by atomic mass is 79.9. The van der Waals surface area contributed by atoms with Crippen LogP contribution < -0.4 is 0 Å². The van der Waals surface area contributed by atoms with Crippen LogP contribution in [0.4, 0.5) is 8.78 Å². The van der Waals surface area contributed by atoms with Crippen molar-refractivity contribution in [1.82, 2.24) is 4.90 Å². The fourth-order valence-electron chi connectivity index (χ4n) is 1.15. The largest absolute Gasteiger partial charge is 0.395 e. The molecule has 1 rings (SSSR count). The molecule has 7 heteroatoms. The van der Waals surface area contributed by atoms with Crippen molar-refractivity contribution >= 4 is 33.2 Å². The quantitative estimate of drug-likeness (QED) is 0.905. The van der Waals surface area contributed by atoms with Crippen LogP contribution in [0.15, 0.2) is 15.9 Å². The average Bonchev–Trinajstić information content (AvgIpc) is 2.62. The summed E-state index contributed by atoms with van der Waals surface area (Å²) in [7, 11) is 0. The van der Waals surface area contributed by atoms with Gasteiger partial charge < -0.3 is 10.0 Å². The first kappa shape index (κ1) is 13.5. The van der Waals surface area contributed by atoms with Gasteiger partial charge in [0.05, 0.1) is 21.8 Å². The molecule has 1 aromatic heterocycles. The zero-order chi connectivity index (χ0) is 12.1. The molecule has 0 saturated carbocycles. The van der Waals surface area contributed by atoms with E-state index in [1.807, 2.05) is 0 Å². The molecule has 0 saturated heterocycles. The molecule has 16 heavy (non-hydrogen) atoms. The lowest BCUT2D eigenvalue weighted by atomic mass is 10.4. The standard InChI is InChI=1S/C9H10BrF2NO2S/c10-7-2-1-6(16-7)9(15)13(3-4-14)5-8(11)12/h1-2,8,14H,3-5H2. The van der Waals surface area contributed by atoms with Crippen LogP contribution in [-0.4, -0.2) is 42.0 Å². The zero-order valence-corrected chi connectivity index (χ0v) is 10.6. The molecule has 0 aliphatic heterocycles. The van der Waals surface area contributed by atoms with Crippen LogP contribution in [0.1, 0.15) is 9.67 Å². The van der Waals surface area contributed by atoms with E-state index in [4.69, 9.17) is 5.11 Å². The Morgan fingerprint density at radius 3 is 2.69 bits per heavy atom. The van der Waals surface area contributed by atoms with Crippen LogP contribution in [0.3, 0.4) is 0 Å². The lowest BCUT2D eigenvalue weighted by molar-refractivity contribution is 0.0513. The molecule has 90 valence electrons. The van der Waals surface area contributed by atoms with Gasteiger partial charge in [-0.05, 0) is 28.1 Å². The second-order valence-electron chi connectivity index (χ2n) is 2.97. The number of alkyl halides is 2. The Kier molecular flexibility index (Phi) is 5.30. The normalized spacial score (nSPS) is 10.8. The van der Waals surface area contributed by atoms with E-state index in [9.17, 15) is 13.6 Å². The molecule has 1 heterocycles. The smallest absolute Gasteiger partial charge is 0.264 e. The first-order valence-electron chi connectivity index (χ1n) is 4.48. The third-order valence-electron chi connectivity index (χ3n) is 1.80. The van der Waals surface area contributed by atoms with Crippen molar-refractivity contribution in [3.05, 3.63) is 20.8 Å². The summed E-state index contributed by atoms with van der Waals surface area (Å²) in [4.78, 5) is 13.1. The molecule has 1 aromatic rings. The van der Waals surface area contributed by atoms with Gasteiger partial charge in [0.1, 0.15) is 0 Å². The van der Waals surface area contributed by atoms with Gasteiger partial charge in [-0.3, -0.25) is 4.79 Å². The Bertz CT molecular complexity index is 359. The molecule has 1 amide bonds. The van der Waals surface area contributed by atoms with Gasteiger partial charge in [0.15, 0.2) is 0 Å². The molecule has 1 N–H and O–H groups in total. The van der Waals surface area contributed by atoms with E-state index in [2.05, 4.69) is 15.9 Å². The summed E-state index contributed by atoms with van der Waals surface area (Å²) >= 11 is 4.37. The highest BCUT2D eigenvalue weighted by Gasteiger charge is 2.20. The predicted octanol–water partition coefficient (Wildman–Crippen LogP) is 2.21. The summed E-state index contributed by atoms with van der Waals surface area (Å²) in [5, 5.41) is 8.71. The number of rotatable bonds is 5. The lowest BCUT2D eigenvalue weighted by Gasteiger charge is -2.20. The topological polar surface area (TPSA) is 40.5 Å². The minimum atomic E-state index is -2.60. The van der Waals surface area contributed by atoms with Gasteiger partial charge in [-0.15, -0.1) is 11.3 Å². The van der Waals surface area contributed by atoms with Crippen LogP contribution in [-0.2, 0) is 0 Å². The van der Waals surface area contributed by atoms with E-state index in [1.54, 1.807) is 12.1 Å². The number of amides is 1. The molecule has 3 nitrogen and oxygen atoms in total. The van der Waals surface area contributed by atoms with Crippen LogP contribution in [0, 0.1) is 0 Å². The maximum atomic E-state index is 12.2. The number of aliphatic hydroxyl groups is 1. The number of thiophene rings is 1. The number of aliphatic hydroxyl groups excluding tert-OH is 1. The van der Waals surface area contributed by atoms with E-state index in [1.165, 1.54) is 11.3 Å². The minimum absolute atomic E-state index is 0.0846. The summed E-state index contributed by atoms with van der Waals surface area (Å²) in [6.07, 6.45) is -2.60. The average molecular weight is 314 g/mol. The minimum Gasteiger partial charge on any atom is -0.395 e. The molecule has 0 aliphatic rings. The van der Waals surface area contributed by atoms with Crippen molar-refractivity contribution in [2.24, 2.45) is 0 Å². The highest BCUT2D eigenvalue weighted by Crippen LogP contribution is 2.23. The van der Waals surface area contributed by atoms with Gasteiger partial charge in [-0.2, -0.15) is 0 Å². The van der Waals surface area contributed by atoms with Crippen molar-refractivity contribution in [3.8, 4) is 0 Å². The number of halogens is 3. The van der Waals surface area contributed by atoms with Gasteiger partial charge in [-0.25, -0.2) is 8.78 Å². The molecule has 0 radical (unpaired) electrons. The van der Waals surface area contributed by atoms with Crippen molar-refractivity contribution < 1.29 is 18.7 Å². The number of hydrogen-bond donors (Lipinski definition) is 1. The molecular formula is C9H10BrF2NO2S. The maximum Gasteiger partial charge on any atom is 0.264 e. The monoisotopic (exact) mass is 313 g/mol. The Hall–Kier alpha value is -0.530. The second kappa shape index (κ2) is 6.27. The third-order valence-corrected chi connectivity index (χ3v) is 3.41. The van der Waals surface area contributed by atoms with Crippen molar-refractivity contribution in [1.29, 1.82) is 0 Å². The van der Waals surface area contributed by atoms with Crippen molar-refractivity contribution in [2.75, 3.05) is 19.7 Å². The van der Waals surface area contributed by atoms with Crippen molar-refractivity contribution in [3.63, 3.8) is 0 Å². The predicted molar refractivity (Wildman–Crippen MR) is 61.0 cm³/mol. The molecule has 0 spiro atoms. The summed E-state index contributed by atoms with van der Waals surface area (Å²) in [5.41, 5.74) is 0. The molecule has 0 bridgehead atoms. The molecule has 0 aromatic carbocycles. The maximum absolute atomic E-state index is 12.2. The van der Waals surface area contributed by atoms with E-state index in [0.29, 0.717) is 4.88 Å². The zero-order valence-electron chi connectivity index (χ0n) is 8.20. The molecule has 0 fully saturated rings. The Morgan fingerprint density at radius 1 is 1.56 bits per heavy atom. The van der Waals surface area contributed by atoms with E-state index >= 15 is 0 Å². The molecular weight excluding hydrogens is 304 g/mol. The van der Waals surface area contributed by atoms with Gasteiger partial charge in [0.2, 0.25) is 0 Å². The number of nitrogens with zero attached hydrogens (tertiary/aromatic N) is 1. The molecule has 0 aliphatic carbocycles. The Morgan fingerprint density at radius 2 is 2.25 bits per heavy atom. The first-order valence-corrected chi connectivity index (χ1v) is 6.09. The van der Waals surface area contributed by atoms with E-state index in [-0.39, 0.29) is 13.2 Å². The number of carbonyl (C=O) groups is 1. The fourth-order valence-corrected chi connectivity index (χ4v) is 2.50.